The Balaban J connectivity index is 1.90. The summed E-state index contributed by atoms with van der Waals surface area (Å²) in [5, 5.41) is 7.31. The highest BCUT2D eigenvalue weighted by Gasteiger charge is 2.20. The third-order valence-electron chi connectivity index (χ3n) is 3.46. The van der Waals surface area contributed by atoms with Crippen LogP contribution in [0.15, 0.2) is 12.4 Å². The molecule has 1 N–H and O–H groups in total. The van der Waals surface area contributed by atoms with Gasteiger partial charge in [-0.25, -0.2) is 0 Å². The Hall–Kier alpha value is -1.32. The Bertz CT molecular complexity index is 380. The first-order valence-electron chi connectivity index (χ1n) is 6.48. The van der Waals surface area contributed by atoms with Gasteiger partial charge in [-0.3, -0.25) is 9.48 Å². The van der Waals surface area contributed by atoms with Crippen LogP contribution in [0.4, 0.5) is 0 Å². The molecule has 0 aliphatic heterocycles. The number of hydrogen-bond acceptors (Lipinski definition) is 2. The zero-order chi connectivity index (χ0) is 12.3. The van der Waals surface area contributed by atoms with Gasteiger partial charge in [0.1, 0.15) is 6.04 Å². The number of nitrogens with one attached hydrogen (secondary N) is 1. The normalized spacial score (nSPS) is 18.9. The van der Waals surface area contributed by atoms with Crippen molar-refractivity contribution in [3.05, 3.63) is 18.0 Å². The van der Waals surface area contributed by atoms with E-state index in [1.54, 1.807) is 10.9 Å². The Morgan fingerprint density at radius 3 is 2.76 bits per heavy atom. The van der Waals surface area contributed by atoms with E-state index in [9.17, 15) is 4.79 Å². The number of rotatable bonds is 3. The minimum absolute atomic E-state index is 0.0833. The van der Waals surface area contributed by atoms with Crippen LogP contribution in [-0.2, 0) is 4.79 Å². The molecule has 0 aromatic carbocycles. The van der Waals surface area contributed by atoms with Gasteiger partial charge in [-0.1, -0.05) is 19.3 Å². The van der Waals surface area contributed by atoms with Gasteiger partial charge in [-0.2, -0.15) is 5.10 Å². The zero-order valence-corrected chi connectivity index (χ0v) is 10.6. The van der Waals surface area contributed by atoms with Crippen molar-refractivity contribution >= 4 is 5.91 Å². The minimum atomic E-state index is -0.217. The van der Waals surface area contributed by atoms with E-state index in [0.717, 1.165) is 18.4 Å². The molecule has 0 radical (unpaired) electrons. The average molecular weight is 235 g/mol. The predicted octanol–water partition coefficient (Wildman–Crippen LogP) is 2.20. The summed E-state index contributed by atoms with van der Waals surface area (Å²) in [6.45, 7) is 3.87. The standard InChI is InChI=1S/C13H21N3O/c1-10-8-14-16(9-10)11(2)13(17)15-12-6-4-3-5-7-12/h8-9,11-12H,3-7H2,1-2H3,(H,15,17). The molecule has 1 atom stereocenters. The molecule has 2 rings (SSSR count). The van der Waals surface area contributed by atoms with Crippen molar-refractivity contribution in [2.45, 2.75) is 58.0 Å². The fourth-order valence-electron chi connectivity index (χ4n) is 2.33. The molecule has 1 heterocycles. The smallest absolute Gasteiger partial charge is 0.244 e. The van der Waals surface area contributed by atoms with Crippen LogP contribution >= 0.6 is 0 Å². The molecule has 17 heavy (non-hydrogen) atoms. The summed E-state index contributed by atoms with van der Waals surface area (Å²) >= 11 is 0. The third-order valence-corrected chi connectivity index (χ3v) is 3.46. The summed E-state index contributed by atoms with van der Waals surface area (Å²) in [6, 6.07) is 0.154. The van der Waals surface area contributed by atoms with Crippen molar-refractivity contribution in [1.29, 1.82) is 0 Å². The van der Waals surface area contributed by atoms with E-state index in [2.05, 4.69) is 10.4 Å². The van der Waals surface area contributed by atoms with Gasteiger partial charge in [0.15, 0.2) is 0 Å². The van der Waals surface area contributed by atoms with Crippen LogP contribution in [0.5, 0.6) is 0 Å². The van der Waals surface area contributed by atoms with E-state index in [1.165, 1.54) is 19.3 Å². The van der Waals surface area contributed by atoms with Crippen molar-refractivity contribution in [2.24, 2.45) is 0 Å². The van der Waals surface area contributed by atoms with Gasteiger partial charge in [-0.05, 0) is 32.3 Å². The van der Waals surface area contributed by atoms with Crippen molar-refractivity contribution in [1.82, 2.24) is 15.1 Å². The molecule has 1 unspecified atom stereocenters. The Labute approximate surface area is 102 Å². The molecule has 1 saturated carbocycles. The van der Waals surface area contributed by atoms with Crippen molar-refractivity contribution in [3.63, 3.8) is 0 Å². The number of amides is 1. The lowest BCUT2D eigenvalue weighted by Crippen LogP contribution is -2.40. The Morgan fingerprint density at radius 1 is 1.47 bits per heavy atom. The van der Waals surface area contributed by atoms with Gasteiger partial charge >= 0.3 is 0 Å². The molecule has 1 aromatic rings. The van der Waals surface area contributed by atoms with E-state index in [-0.39, 0.29) is 11.9 Å². The second-order valence-electron chi connectivity index (χ2n) is 5.02. The van der Waals surface area contributed by atoms with Gasteiger partial charge in [0.05, 0.1) is 6.20 Å². The van der Waals surface area contributed by atoms with E-state index in [4.69, 9.17) is 0 Å². The van der Waals surface area contributed by atoms with Crippen LogP contribution < -0.4 is 5.32 Å². The summed E-state index contributed by atoms with van der Waals surface area (Å²) in [5.74, 6) is 0.0833. The van der Waals surface area contributed by atoms with E-state index >= 15 is 0 Å². The lowest BCUT2D eigenvalue weighted by Gasteiger charge is -2.24. The first-order valence-corrected chi connectivity index (χ1v) is 6.48. The molecule has 4 heteroatoms. The number of nitrogens with zero attached hydrogens (tertiary/aromatic N) is 2. The SMILES string of the molecule is Cc1cnn(C(C)C(=O)NC2CCCCC2)c1. The van der Waals surface area contributed by atoms with E-state index < -0.39 is 0 Å². The highest BCUT2D eigenvalue weighted by atomic mass is 16.2. The second-order valence-corrected chi connectivity index (χ2v) is 5.02. The highest BCUT2D eigenvalue weighted by Crippen LogP contribution is 2.18. The van der Waals surface area contributed by atoms with Crippen molar-refractivity contribution in [2.75, 3.05) is 0 Å². The topological polar surface area (TPSA) is 46.9 Å². The molecule has 4 nitrogen and oxygen atoms in total. The lowest BCUT2D eigenvalue weighted by molar-refractivity contribution is -0.125. The minimum Gasteiger partial charge on any atom is -0.352 e. The van der Waals surface area contributed by atoms with Crippen LogP contribution in [0.25, 0.3) is 0 Å². The number of aromatic nitrogens is 2. The number of carbonyl (C=O) groups excluding carboxylic acids is 1. The van der Waals surface area contributed by atoms with Crippen LogP contribution in [0.2, 0.25) is 0 Å². The van der Waals surface area contributed by atoms with Crippen molar-refractivity contribution < 1.29 is 4.79 Å². The molecule has 94 valence electrons. The van der Waals surface area contributed by atoms with Gasteiger partial charge in [0.2, 0.25) is 5.91 Å². The second kappa shape index (κ2) is 5.34. The third kappa shape index (κ3) is 3.08. The molecule has 0 saturated heterocycles. The molecule has 0 spiro atoms. The maximum Gasteiger partial charge on any atom is 0.244 e. The molecule has 1 fully saturated rings. The number of aryl methyl sites for hydroxylation is 1. The lowest BCUT2D eigenvalue weighted by atomic mass is 9.95. The molecule has 1 aliphatic carbocycles. The van der Waals surface area contributed by atoms with E-state index in [1.807, 2.05) is 20.0 Å². The average Bonchev–Trinajstić information content (AvgIpc) is 2.76. The van der Waals surface area contributed by atoms with Gasteiger partial charge < -0.3 is 5.32 Å². The molecule has 1 aliphatic rings. The molecule has 0 bridgehead atoms. The fraction of sp³-hybridized carbons (Fsp3) is 0.692. The van der Waals surface area contributed by atoms with E-state index in [0.29, 0.717) is 6.04 Å². The molecule has 1 amide bonds. The Kier molecular flexibility index (Phi) is 3.82. The monoisotopic (exact) mass is 235 g/mol. The maximum atomic E-state index is 12.0. The van der Waals surface area contributed by atoms with Gasteiger partial charge in [0, 0.05) is 12.2 Å². The number of carbonyl (C=O) groups is 1. The first-order chi connectivity index (χ1) is 8.16. The van der Waals surface area contributed by atoms with Crippen LogP contribution in [-0.4, -0.2) is 21.7 Å². The number of hydrogen-bond donors (Lipinski definition) is 1. The largest absolute Gasteiger partial charge is 0.352 e. The van der Waals surface area contributed by atoms with Crippen LogP contribution in [0.1, 0.15) is 50.6 Å². The molecular weight excluding hydrogens is 214 g/mol. The predicted molar refractivity (Wildman–Crippen MR) is 66.7 cm³/mol. The summed E-state index contributed by atoms with van der Waals surface area (Å²) in [6.07, 6.45) is 9.71. The zero-order valence-electron chi connectivity index (χ0n) is 10.6. The summed E-state index contributed by atoms with van der Waals surface area (Å²) in [7, 11) is 0. The van der Waals surface area contributed by atoms with Crippen LogP contribution in [0.3, 0.4) is 0 Å². The maximum absolute atomic E-state index is 12.0. The fourth-order valence-corrected chi connectivity index (χ4v) is 2.33. The Morgan fingerprint density at radius 2 is 2.18 bits per heavy atom. The summed E-state index contributed by atoms with van der Waals surface area (Å²) in [5.41, 5.74) is 1.09. The van der Waals surface area contributed by atoms with Crippen molar-refractivity contribution in [3.8, 4) is 0 Å². The first kappa shape index (κ1) is 12.1. The summed E-state index contributed by atoms with van der Waals surface area (Å²) in [4.78, 5) is 12.0. The molecule has 1 aromatic heterocycles. The quantitative estimate of drug-likeness (QED) is 0.873. The van der Waals surface area contributed by atoms with Gasteiger partial charge in [-0.15, -0.1) is 0 Å². The summed E-state index contributed by atoms with van der Waals surface area (Å²) < 4.78 is 1.73. The van der Waals surface area contributed by atoms with Gasteiger partial charge in [0.25, 0.3) is 0 Å². The van der Waals surface area contributed by atoms with Crippen LogP contribution in [0, 0.1) is 6.92 Å². The molecular formula is C13H21N3O. The highest BCUT2D eigenvalue weighted by molar-refractivity contribution is 5.80.